The molecule has 1 atom stereocenters. The third-order valence-electron chi connectivity index (χ3n) is 3.67. The van der Waals surface area contributed by atoms with E-state index in [0.717, 1.165) is 12.0 Å². The summed E-state index contributed by atoms with van der Waals surface area (Å²) in [4.78, 5) is 0. The van der Waals surface area contributed by atoms with Crippen molar-refractivity contribution in [2.45, 2.75) is 39.7 Å². The van der Waals surface area contributed by atoms with Crippen LogP contribution in [0.15, 0.2) is 18.2 Å². The van der Waals surface area contributed by atoms with Crippen molar-refractivity contribution in [1.29, 1.82) is 0 Å². The molecule has 0 radical (unpaired) electrons. The van der Waals surface area contributed by atoms with Gasteiger partial charge in [-0.25, -0.2) is 13.1 Å². The van der Waals surface area contributed by atoms with E-state index >= 15 is 0 Å². The molecule has 1 aliphatic rings. The number of fused-ring (bicyclic) bond motifs is 1. The molecule has 1 aromatic carbocycles. The zero-order valence-electron chi connectivity index (χ0n) is 13.5. The molecule has 0 fully saturated rings. The molecule has 2 rings (SSSR count). The van der Waals surface area contributed by atoms with E-state index in [4.69, 9.17) is 9.47 Å². The monoisotopic (exact) mass is 327 g/mol. The van der Waals surface area contributed by atoms with Gasteiger partial charge in [0, 0.05) is 6.04 Å². The topological polar surface area (TPSA) is 64.6 Å². The molecule has 1 aromatic rings. The summed E-state index contributed by atoms with van der Waals surface area (Å²) >= 11 is 0. The molecule has 0 bridgehead atoms. The average molecular weight is 327 g/mol. The second-order valence-corrected chi connectivity index (χ2v) is 7.79. The van der Waals surface area contributed by atoms with Gasteiger partial charge in [-0.15, -0.1) is 0 Å². The molecular formula is C16H25NO4S. The molecule has 0 unspecified atom stereocenters. The zero-order chi connectivity index (χ0) is 16.2. The maximum Gasteiger partial charge on any atom is 0.212 e. The fourth-order valence-corrected chi connectivity index (χ4v) is 4.01. The normalized spacial score (nSPS) is 15.8. The van der Waals surface area contributed by atoms with Crippen LogP contribution in [0.1, 0.15) is 45.2 Å². The minimum absolute atomic E-state index is 0.138. The highest BCUT2D eigenvalue weighted by Crippen LogP contribution is 2.34. The number of rotatable bonds is 7. The average Bonchev–Trinajstić information content (AvgIpc) is 2.50. The maximum absolute atomic E-state index is 12.2. The minimum Gasteiger partial charge on any atom is -0.486 e. The largest absolute Gasteiger partial charge is 0.486 e. The zero-order valence-corrected chi connectivity index (χ0v) is 14.3. The van der Waals surface area contributed by atoms with E-state index in [-0.39, 0.29) is 17.7 Å². The predicted octanol–water partition coefficient (Wildman–Crippen LogP) is 2.87. The van der Waals surface area contributed by atoms with Crippen molar-refractivity contribution in [2.24, 2.45) is 5.92 Å². The van der Waals surface area contributed by atoms with Gasteiger partial charge in [0.1, 0.15) is 13.2 Å². The quantitative estimate of drug-likeness (QED) is 0.836. The van der Waals surface area contributed by atoms with Crippen molar-refractivity contribution in [3.05, 3.63) is 23.8 Å². The number of unbranched alkanes of at least 4 members (excludes halogenated alkanes) is 1. The summed E-state index contributed by atoms with van der Waals surface area (Å²) in [5.74, 6) is 1.70. The fourth-order valence-electron chi connectivity index (χ4n) is 2.43. The molecular weight excluding hydrogens is 302 g/mol. The summed E-state index contributed by atoms with van der Waals surface area (Å²) < 4.78 is 38.3. The van der Waals surface area contributed by atoms with Gasteiger partial charge in [0.15, 0.2) is 11.5 Å². The van der Waals surface area contributed by atoms with E-state index in [1.807, 2.05) is 39.0 Å². The van der Waals surface area contributed by atoms with Crippen molar-refractivity contribution in [1.82, 2.24) is 4.72 Å². The van der Waals surface area contributed by atoms with Crippen LogP contribution in [0.2, 0.25) is 0 Å². The van der Waals surface area contributed by atoms with Gasteiger partial charge in [-0.2, -0.15) is 0 Å². The number of hydrogen-bond acceptors (Lipinski definition) is 4. The summed E-state index contributed by atoms with van der Waals surface area (Å²) in [6.45, 7) is 7.05. The molecule has 0 amide bonds. The van der Waals surface area contributed by atoms with Crippen molar-refractivity contribution in [3.8, 4) is 11.5 Å². The van der Waals surface area contributed by atoms with Gasteiger partial charge in [-0.1, -0.05) is 33.3 Å². The van der Waals surface area contributed by atoms with Crippen LogP contribution >= 0.6 is 0 Å². The van der Waals surface area contributed by atoms with Crippen LogP contribution < -0.4 is 14.2 Å². The second-order valence-electron chi connectivity index (χ2n) is 5.92. The van der Waals surface area contributed by atoms with Crippen LogP contribution in [0.3, 0.4) is 0 Å². The Kier molecular flexibility index (Phi) is 5.69. The number of hydrogen-bond donors (Lipinski definition) is 1. The molecule has 1 heterocycles. The Labute approximate surface area is 133 Å². The van der Waals surface area contributed by atoms with Gasteiger partial charge >= 0.3 is 0 Å². The first-order chi connectivity index (χ1) is 10.4. The molecule has 0 saturated heterocycles. The van der Waals surface area contributed by atoms with Crippen molar-refractivity contribution < 1.29 is 17.9 Å². The summed E-state index contributed by atoms with van der Waals surface area (Å²) in [5.41, 5.74) is 0.902. The molecule has 0 aliphatic carbocycles. The number of benzene rings is 1. The lowest BCUT2D eigenvalue weighted by atomic mass is 9.97. The summed E-state index contributed by atoms with van der Waals surface area (Å²) in [6.07, 6.45) is 1.53. The van der Waals surface area contributed by atoms with Crippen LogP contribution in [-0.2, 0) is 10.0 Å². The van der Waals surface area contributed by atoms with E-state index in [2.05, 4.69) is 4.72 Å². The maximum atomic E-state index is 12.2. The first-order valence-corrected chi connectivity index (χ1v) is 9.47. The Morgan fingerprint density at radius 1 is 1.18 bits per heavy atom. The summed E-state index contributed by atoms with van der Waals surface area (Å²) in [7, 11) is -3.28. The first-order valence-electron chi connectivity index (χ1n) is 7.82. The van der Waals surface area contributed by atoms with Gasteiger partial charge in [-0.05, 0) is 30.0 Å². The van der Waals surface area contributed by atoms with Gasteiger partial charge < -0.3 is 9.47 Å². The highest BCUT2D eigenvalue weighted by Gasteiger charge is 2.24. The van der Waals surface area contributed by atoms with E-state index in [9.17, 15) is 8.42 Å². The Balaban J connectivity index is 2.21. The van der Waals surface area contributed by atoms with Gasteiger partial charge in [0.25, 0.3) is 0 Å². The number of nitrogens with one attached hydrogen (secondary N) is 1. The molecule has 0 aromatic heterocycles. The first kappa shape index (κ1) is 17.1. The fraction of sp³-hybridized carbons (Fsp3) is 0.625. The number of ether oxygens (including phenoxy) is 2. The van der Waals surface area contributed by atoms with Crippen LogP contribution in [0.25, 0.3) is 0 Å². The lowest BCUT2D eigenvalue weighted by Gasteiger charge is -2.25. The Morgan fingerprint density at radius 3 is 2.50 bits per heavy atom. The lowest BCUT2D eigenvalue weighted by Crippen LogP contribution is -2.33. The van der Waals surface area contributed by atoms with Crippen LogP contribution in [0.4, 0.5) is 0 Å². The molecule has 124 valence electrons. The van der Waals surface area contributed by atoms with Gasteiger partial charge in [0.2, 0.25) is 10.0 Å². The molecule has 6 heteroatoms. The van der Waals surface area contributed by atoms with Crippen LogP contribution in [0.5, 0.6) is 11.5 Å². The smallest absolute Gasteiger partial charge is 0.212 e. The standard InChI is InChI=1S/C16H25NO4S/c1-4-5-10-22(18,19)17-16(12(2)3)13-6-7-14-15(11-13)21-9-8-20-14/h6-7,11-12,16-17H,4-5,8-10H2,1-3H3/t16-/m1/s1. The Hall–Kier alpha value is -1.27. The third-order valence-corrected chi connectivity index (χ3v) is 5.10. The van der Waals surface area contributed by atoms with Gasteiger partial charge in [-0.3, -0.25) is 0 Å². The Bertz CT molecular complexity index is 598. The summed E-state index contributed by atoms with van der Waals surface area (Å²) in [5, 5.41) is 0. The van der Waals surface area contributed by atoms with Gasteiger partial charge in [0.05, 0.1) is 5.75 Å². The molecule has 1 aliphatic heterocycles. The highest BCUT2D eigenvalue weighted by atomic mass is 32.2. The van der Waals surface area contributed by atoms with E-state index < -0.39 is 10.0 Å². The third kappa shape index (κ3) is 4.36. The molecule has 5 nitrogen and oxygen atoms in total. The van der Waals surface area contributed by atoms with Crippen molar-refractivity contribution in [3.63, 3.8) is 0 Å². The van der Waals surface area contributed by atoms with Crippen LogP contribution in [-0.4, -0.2) is 27.4 Å². The predicted molar refractivity (Wildman–Crippen MR) is 86.8 cm³/mol. The van der Waals surface area contributed by atoms with E-state index in [1.165, 1.54) is 0 Å². The summed E-state index contributed by atoms with van der Waals surface area (Å²) in [6, 6.07) is 5.36. The number of sulfonamides is 1. The van der Waals surface area contributed by atoms with Crippen LogP contribution in [0, 0.1) is 5.92 Å². The molecule has 0 saturated carbocycles. The van der Waals surface area contributed by atoms with E-state index in [0.29, 0.717) is 31.1 Å². The molecule has 1 N–H and O–H groups in total. The van der Waals surface area contributed by atoms with Crippen molar-refractivity contribution >= 4 is 10.0 Å². The Morgan fingerprint density at radius 2 is 1.86 bits per heavy atom. The SMILES string of the molecule is CCCCS(=O)(=O)N[C@@H](c1ccc2c(c1)OCCO2)C(C)C. The minimum atomic E-state index is -3.28. The second kappa shape index (κ2) is 7.33. The molecule has 22 heavy (non-hydrogen) atoms. The van der Waals surface area contributed by atoms with E-state index in [1.54, 1.807) is 0 Å². The lowest BCUT2D eigenvalue weighted by molar-refractivity contribution is 0.171. The van der Waals surface area contributed by atoms with Crippen molar-refractivity contribution in [2.75, 3.05) is 19.0 Å². The molecule has 0 spiro atoms. The highest BCUT2D eigenvalue weighted by molar-refractivity contribution is 7.89.